The van der Waals surface area contributed by atoms with Crippen molar-refractivity contribution in [3.63, 3.8) is 0 Å². The molecule has 2 aromatic heterocycles. The first-order valence-corrected chi connectivity index (χ1v) is 5.83. The molecule has 0 fully saturated rings. The molecule has 0 saturated carbocycles. The van der Waals surface area contributed by atoms with Crippen LogP contribution in [0, 0.1) is 0 Å². The van der Waals surface area contributed by atoms with Crippen molar-refractivity contribution >= 4 is 11.5 Å². The van der Waals surface area contributed by atoms with Crippen molar-refractivity contribution in [3.05, 3.63) is 30.4 Å². The molecule has 3 rings (SSSR count). The highest BCUT2D eigenvalue weighted by atomic mass is 16.5. The van der Waals surface area contributed by atoms with Crippen LogP contribution in [-0.2, 0) is 13.1 Å². The van der Waals surface area contributed by atoms with Crippen LogP contribution in [0.5, 0.6) is 5.88 Å². The lowest BCUT2D eigenvalue weighted by molar-refractivity contribution is 0.397. The molecule has 0 spiro atoms. The van der Waals surface area contributed by atoms with E-state index in [1.54, 1.807) is 13.2 Å². The number of ether oxygens (including phenoxy) is 1. The van der Waals surface area contributed by atoms with Gasteiger partial charge in [0.05, 0.1) is 19.3 Å². The van der Waals surface area contributed by atoms with Gasteiger partial charge in [-0.15, -0.1) is 0 Å². The molecule has 2 aromatic rings. The molecule has 2 N–H and O–H groups in total. The van der Waals surface area contributed by atoms with E-state index in [1.807, 2.05) is 18.5 Å². The number of hydrogen-bond acceptors (Lipinski definition) is 5. The summed E-state index contributed by atoms with van der Waals surface area (Å²) < 4.78 is 7.29. The monoisotopic (exact) mass is 245 g/mol. The Kier molecular flexibility index (Phi) is 2.55. The quantitative estimate of drug-likeness (QED) is 0.851. The molecule has 1 aliphatic rings. The number of pyridine rings is 1. The molecule has 0 amide bonds. The molecule has 0 atom stereocenters. The number of nitrogens with zero attached hydrogens (tertiary/aromatic N) is 4. The van der Waals surface area contributed by atoms with Crippen molar-refractivity contribution < 1.29 is 4.74 Å². The van der Waals surface area contributed by atoms with Gasteiger partial charge in [0.25, 0.3) is 0 Å². The molecule has 0 aromatic carbocycles. The molecule has 1 aliphatic heterocycles. The highest BCUT2D eigenvalue weighted by Crippen LogP contribution is 2.26. The second-order valence-electron chi connectivity index (χ2n) is 4.22. The minimum Gasteiger partial charge on any atom is -0.481 e. The van der Waals surface area contributed by atoms with Gasteiger partial charge in [-0.25, -0.2) is 4.98 Å². The Morgan fingerprint density at radius 3 is 3.06 bits per heavy atom. The lowest BCUT2D eigenvalue weighted by Crippen LogP contribution is -2.34. The smallest absolute Gasteiger partial charge is 0.215 e. The molecule has 0 radical (unpaired) electrons. The summed E-state index contributed by atoms with van der Waals surface area (Å²) in [5, 5.41) is 0. The van der Waals surface area contributed by atoms with Gasteiger partial charge < -0.3 is 19.9 Å². The molecular weight excluding hydrogens is 230 g/mol. The van der Waals surface area contributed by atoms with E-state index in [1.165, 1.54) is 0 Å². The molecule has 94 valence electrons. The van der Waals surface area contributed by atoms with Crippen LogP contribution in [0.25, 0.3) is 0 Å². The predicted octanol–water partition coefficient (Wildman–Crippen LogP) is 0.889. The predicted molar refractivity (Wildman–Crippen MR) is 68.5 cm³/mol. The van der Waals surface area contributed by atoms with Crippen LogP contribution in [-0.4, -0.2) is 28.2 Å². The van der Waals surface area contributed by atoms with Crippen LogP contribution >= 0.6 is 0 Å². The lowest BCUT2D eigenvalue weighted by Gasteiger charge is -2.29. The van der Waals surface area contributed by atoms with E-state index in [2.05, 4.69) is 19.4 Å². The van der Waals surface area contributed by atoms with E-state index >= 15 is 0 Å². The van der Waals surface area contributed by atoms with Gasteiger partial charge in [-0.1, -0.05) is 0 Å². The normalized spacial score (nSPS) is 14.4. The SMILES string of the molecule is COc1ccc(N)c(N2CCn3ccnc3C2)n1. The Balaban J connectivity index is 1.92. The first-order valence-electron chi connectivity index (χ1n) is 5.83. The second kappa shape index (κ2) is 4.21. The Morgan fingerprint density at radius 1 is 1.33 bits per heavy atom. The molecule has 3 heterocycles. The summed E-state index contributed by atoms with van der Waals surface area (Å²) >= 11 is 0. The van der Waals surface area contributed by atoms with Gasteiger partial charge in [0.2, 0.25) is 5.88 Å². The van der Waals surface area contributed by atoms with E-state index in [9.17, 15) is 0 Å². The standard InChI is InChI=1S/C12H15N5O/c1-18-11-3-2-9(13)12(15-11)17-7-6-16-5-4-14-10(16)8-17/h2-5H,6-8,13H2,1H3. The van der Waals surface area contributed by atoms with Crippen LogP contribution in [0.2, 0.25) is 0 Å². The summed E-state index contributed by atoms with van der Waals surface area (Å²) in [7, 11) is 1.60. The van der Waals surface area contributed by atoms with Crippen LogP contribution in [0.15, 0.2) is 24.5 Å². The third-order valence-electron chi connectivity index (χ3n) is 3.13. The van der Waals surface area contributed by atoms with E-state index in [0.717, 1.165) is 31.3 Å². The maximum Gasteiger partial charge on any atom is 0.215 e. The summed E-state index contributed by atoms with van der Waals surface area (Å²) in [5.41, 5.74) is 6.65. The molecule has 0 bridgehead atoms. The fourth-order valence-corrected chi connectivity index (χ4v) is 2.16. The summed E-state index contributed by atoms with van der Waals surface area (Å²) in [6.45, 7) is 2.48. The number of nitrogens with two attached hydrogens (primary N) is 1. The van der Waals surface area contributed by atoms with Crippen molar-refractivity contribution in [1.82, 2.24) is 14.5 Å². The zero-order valence-electron chi connectivity index (χ0n) is 10.2. The van der Waals surface area contributed by atoms with Gasteiger partial charge in [-0.2, -0.15) is 4.98 Å². The Morgan fingerprint density at radius 2 is 2.22 bits per heavy atom. The summed E-state index contributed by atoms with van der Waals surface area (Å²) in [6, 6.07) is 3.59. The number of fused-ring (bicyclic) bond motifs is 1. The summed E-state index contributed by atoms with van der Waals surface area (Å²) in [4.78, 5) is 10.9. The van der Waals surface area contributed by atoms with Crippen LogP contribution in [0.1, 0.15) is 5.82 Å². The van der Waals surface area contributed by atoms with Gasteiger partial charge in [-0.05, 0) is 6.07 Å². The van der Waals surface area contributed by atoms with Crippen LogP contribution in [0.3, 0.4) is 0 Å². The zero-order valence-corrected chi connectivity index (χ0v) is 10.2. The molecule has 0 aliphatic carbocycles. The fourth-order valence-electron chi connectivity index (χ4n) is 2.16. The van der Waals surface area contributed by atoms with Crippen molar-refractivity contribution in [2.75, 3.05) is 24.3 Å². The second-order valence-corrected chi connectivity index (χ2v) is 4.22. The average molecular weight is 245 g/mol. The number of anilines is 2. The average Bonchev–Trinajstić information content (AvgIpc) is 2.86. The van der Waals surface area contributed by atoms with E-state index in [4.69, 9.17) is 10.5 Å². The number of aromatic nitrogens is 3. The Bertz CT molecular complexity index is 565. The van der Waals surface area contributed by atoms with Crippen molar-refractivity contribution in [3.8, 4) is 5.88 Å². The highest BCUT2D eigenvalue weighted by molar-refractivity contribution is 5.63. The first-order chi connectivity index (χ1) is 8.78. The largest absolute Gasteiger partial charge is 0.481 e. The van der Waals surface area contributed by atoms with Gasteiger partial charge in [0.1, 0.15) is 5.82 Å². The molecule has 0 saturated heterocycles. The minimum absolute atomic E-state index is 0.577. The maximum absolute atomic E-state index is 5.98. The number of imidazole rings is 1. The van der Waals surface area contributed by atoms with Gasteiger partial charge >= 0.3 is 0 Å². The molecular formula is C12H15N5O. The summed E-state index contributed by atoms with van der Waals surface area (Å²) in [6.07, 6.45) is 3.82. The molecule has 18 heavy (non-hydrogen) atoms. The minimum atomic E-state index is 0.577. The number of methoxy groups -OCH3 is 1. The van der Waals surface area contributed by atoms with Gasteiger partial charge in [0, 0.05) is 31.5 Å². The van der Waals surface area contributed by atoms with Crippen molar-refractivity contribution in [2.45, 2.75) is 13.1 Å². The maximum atomic E-state index is 5.98. The van der Waals surface area contributed by atoms with E-state index in [0.29, 0.717) is 11.6 Å². The molecule has 0 unspecified atom stereocenters. The summed E-state index contributed by atoms with van der Waals surface area (Å²) in [5.74, 6) is 2.38. The third kappa shape index (κ3) is 1.75. The number of nitrogen functional groups attached to an aromatic ring is 1. The number of hydrogen-bond donors (Lipinski definition) is 1. The van der Waals surface area contributed by atoms with Gasteiger partial charge in [0.15, 0.2) is 5.82 Å². The van der Waals surface area contributed by atoms with Crippen LogP contribution < -0.4 is 15.4 Å². The molecule has 6 heteroatoms. The van der Waals surface area contributed by atoms with Crippen LogP contribution in [0.4, 0.5) is 11.5 Å². The van der Waals surface area contributed by atoms with Crippen molar-refractivity contribution in [1.29, 1.82) is 0 Å². The molecule has 6 nitrogen and oxygen atoms in total. The van der Waals surface area contributed by atoms with Gasteiger partial charge in [-0.3, -0.25) is 0 Å². The van der Waals surface area contributed by atoms with E-state index < -0.39 is 0 Å². The number of rotatable bonds is 2. The highest BCUT2D eigenvalue weighted by Gasteiger charge is 2.20. The topological polar surface area (TPSA) is 69.2 Å². The van der Waals surface area contributed by atoms with E-state index in [-0.39, 0.29) is 0 Å². The fraction of sp³-hybridized carbons (Fsp3) is 0.333. The third-order valence-corrected chi connectivity index (χ3v) is 3.13. The lowest BCUT2D eigenvalue weighted by atomic mass is 10.3. The zero-order chi connectivity index (χ0) is 12.5. The Labute approximate surface area is 105 Å². The Hall–Kier alpha value is -2.24. The first kappa shape index (κ1) is 10.9. The van der Waals surface area contributed by atoms with Crippen molar-refractivity contribution in [2.24, 2.45) is 0 Å².